The molecule has 96 valence electrons. The molecule has 0 amide bonds. The Morgan fingerprint density at radius 1 is 1.25 bits per heavy atom. The molecule has 0 aromatic rings. The predicted octanol–water partition coefficient (Wildman–Crippen LogP) is -3.55. The summed E-state index contributed by atoms with van der Waals surface area (Å²) in [5.41, 5.74) is 0. The smallest absolute Gasteiger partial charge is 0.394 e. The first-order valence-corrected chi connectivity index (χ1v) is 5.35. The van der Waals surface area contributed by atoms with Gasteiger partial charge in [0.15, 0.2) is 5.78 Å². The summed E-state index contributed by atoms with van der Waals surface area (Å²) < 4.78 is 31.9. The Bertz CT molecular complexity index is 323. The fourth-order valence-electron chi connectivity index (χ4n) is 0.727. The molecule has 3 atom stereocenters. The molecule has 5 N–H and O–H groups in total. The number of Topliss-reactive ketones (excluding diaryl/α,β-unsaturated/α-hetero) is 1. The van der Waals surface area contributed by atoms with Gasteiger partial charge in [0.2, 0.25) is 0 Å². The van der Waals surface area contributed by atoms with Gasteiger partial charge in [0.1, 0.15) is 24.9 Å². The summed E-state index contributed by atoms with van der Waals surface area (Å²) in [6.45, 7) is -2.10. The number of rotatable bonds is 7. The second kappa shape index (κ2) is 6.20. The Morgan fingerprint density at radius 3 is 2.12 bits per heavy atom. The van der Waals surface area contributed by atoms with Crippen LogP contribution >= 0.6 is 0 Å². The molecule has 0 saturated carbocycles. The summed E-state index contributed by atoms with van der Waals surface area (Å²) in [6, 6.07) is 0. The van der Waals surface area contributed by atoms with Crippen molar-refractivity contribution in [2.75, 3.05) is 13.2 Å². The normalized spacial score (nSPS) is 17.8. The number of hydrogen-bond acceptors (Lipinski definition) is 8. The van der Waals surface area contributed by atoms with Crippen molar-refractivity contribution in [3.8, 4) is 0 Å². The molecular formula is C6H12O9S. The van der Waals surface area contributed by atoms with Crippen molar-refractivity contribution in [2.45, 2.75) is 18.3 Å². The number of ketones is 1. The van der Waals surface area contributed by atoms with Gasteiger partial charge in [0, 0.05) is 0 Å². The highest BCUT2D eigenvalue weighted by atomic mass is 32.3. The molecule has 0 heterocycles. The number of aliphatic hydroxyl groups excluding tert-OH is 4. The van der Waals surface area contributed by atoms with E-state index in [1.807, 2.05) is 0 Å². The van der Waals surface area contributed by atoms with Crippen molar-refractivity contribution >= 4 is 16.2 Å². The molecule has 0 rings (SSSR count). The van der Waals surface area contributed by atoms with Crippen LogP contribution in [-0.4, -0.2) is 70.7 Å². The van der Waals surface area contributed by atoms with E-state index in [0.717, 1.165) is 0 Å². The van der Waals surface area contributed by atoms with Gasteiger partial charge in [0.25, 0.3) is 0 Å². The molecule has 0 aliphatic rings. The van der Waals surface area contributed by atoms with Crippen LogP contribution in [0, 0.1) is 0 Å². The third-order valence-corrected chi connectivity index (χ3v) is 2.00. The molecular weight excluding hydrogens is 248 g/mol. The van der Waals surface area contributed by atoms with Crippen LogP contribution < -0.4 is 0 Å². The first-order chi connectivity index (χ1) is 7.19. The van der Waals surface area contributed by atoms with Crippen LogP contribution in [-0.2, 0) is 19.4 Å². The fourth-order valence-corrected chi connectivity index (χ4v) is 0.992. The second-order valence-electron chi connectivity index (χ2n) is 2.84. The second-order valence-corrected chi connectivity index (χ2v) is 3.93. The van der Waals surface area contributed by atoms with Crippen LogP contribution in [0.15, 0.2) is 0 Å². The molecule has 0 saturated heterocycles. The van der Waals surface area contributed by atoms with Crippen molar-refractivity contribution in [1.29, 1.82) is 0 Å². The van der Waals surface area contributed by atoms with Crippen molar-refractivity contribution in [2.24, 2.45) is 0 Å². The first-order valence-electron chi connectivity index (χ1n) is 3.98. The van der Waals surface area contributed by atoms with E-state index in [0.29, 0.717) is 0 Å². The molecule has 10 heteroatoms. The lowest BCUT2D eigenvalue weighted by molar-refractivity contribution is -0.142. The minimum atomic E-state index is -4.83. The van der Waals surface area contributed by atoms with Crippen molar-refractivity contribution < 1.29 is 42.4 Å². The third-order valence-electron chi connectivity index (χ3n) is 1.58. The molecule has 0 bridgehead atoms. The van der Waals surface area contributed by atoms with E-state index < -0.39 is 47.7 Å². The summed E-state index contributed by atoms with van der Waals surface area (Å²) in [5.74, 6) is -1.28. The average molecular weight is 260 g/mol. The first kappa shape index (κ1) is 15.4. The van der Waals surface area contributed by atoms with Gasteiger partial charge in [-0.25, -0.2) is 4.18 Å². The van der Waals surface area contributed by atoms with Crippen molar-refractivity contribution in [3.63, 3.8) is 0 Å². The number of aliphatic hydroxyl groups is 4. The SMILES string of the molecule is O=C(COS(=O)(=O)O)[C@H](O)[C@@H](O)[C@H](O)CO. The Labute approximate surface area is 90.9 Å². The highest BCUT2D eigenvalue weighted by molar-refractivity contribution is 7.80. The standard InChI is InChI=1S/C6H12O9S/c7-1-3(8)5(10)6(11)4(9)2-15-16(12,13)14/h3,5-8,10-11H,1-2H2,(H,12,13,14)/t3-,5+,6+/m1/s1. The molecule has 0 unspecified atom stereocenters. The molecule has 0 radical (unpaired) electrons. The average Bonchev–Trinajstić information content (AvgIpc) is 2.21. The molecule has 0 aromatic heterocycles. The van der Waals surface area contributed by atoms with E-state index in [4.69, 9.17) is 25.0 Å². The minimum absolute atomic E-state index is 0.898. The van der Waals surface area contributed by atoms with Gasteiger partial charge in [0.05, 0.1) is 6.61 Å². The zero-order chi connectivity index (χ0) is 12.9. The van der Waals surface area contributed by atoms with Crippen LogP contribution in [0.4, 0.5) is 0 Å². The van der Waals surface area contributed by atoms with Gasteiger partial charge in [-0.2, -0.15) is 8.42 Å². The largest absolute Gasteiger partial charge is 0.397 e. The van der Waals surface area contributed by atoms with Gasteiger partial charge >= 0.3 is 10.4 Å². The van der Waals surface area contributed by atoms with E-state index in [9.17, 15) is 13.2 Å². The molecule has 0 aliphatic carbocycles. The molecule has 9 nitrogen and oxygen atoms in total. The molecule has 0 aromatic carbocycles. The van der Waals surface area contributed by atoms with Gasteiger partial charge in [-0.15, -0.1) is 0 Å². The summed E-state index contributed by atoms with van der Waals surface area (Å²) in [5, 5.41) is 35.3. The van der Waals surface area contributed by atoms with Crippen LogP contribution in [0.25, 0.3) is 0 Å². The maximum Gasteiger partial charge on any atom is 0.397 e. The lowest BCUT2D eigenvalue weighted by atomic mass is 10.1. The number of carbonyl (C=O) groups excluding carboxylic acids is 1. The van der Waals surface area contributed by atoms with E-state index in [-0.39, 0.29) is 0 Å². The number of hydrogen-bond donors (Lipinski definition) is 5. The van der Waals surface area contributed by atoms with Crippen molar-refractivity contribution in [1.82, 2.24) is 0 Å². The van der Waals surface area contributed by atoms with Crippen LogP contribution in [0.5, 0.6) is 0 Å². The monoisotopic (exact) mass is 260 g/mol. The summed E-state index contributed by atoms with van der Waals surface area (Å²) in [6.07, 6.45) is -5.88. The Hall–Kier alpha value is -0.620. The van der Waals surface area contributed by atoms with E-state index in [2.05, 4.69) is 4.18 Å². The van der Waals surface area contributed by atoms with E-state index in [1.54, 1.807) is 0 Å². The summed E-state index contributed by atoms with van der Waals surface area (Å²) >= 11 is 0. The van der Waals surface area contributed by atoms with Gasteiger partial charge < -0.3 is 20.4 Å². The summed E-state index contributed by atoms with van der Waals surface area (Å²) in [4.78, 5) is 10.9. The highest BCUT2D eigenvalue weighted by Gasteiger charge is 2.30. The highest BCUT2D eigenvalue weighted by Crippen LogP contribution is 2.02. The molecule has 0 fully saturated rings. The van der Waals surface area contributed by atoms with Gasteiger partial charge in [-0.05, 0) is 0 Å². The fraction of sp³-hybridized carbons (Fsp3) is 0.833. The van der Waals surface area contributed by atoms with Crippen LogP contribution in [0.2, 0.25) is 0 Å². The molecule has 0 spiro atoms. The quantitative estimate of drug-likeness (QED) is 0.292. The zero-order valence-electron chi connectivity index (χ0n) is 7.92. The Balaban J connectivity index is 4.29. The number of carbonyl (C=O) groups is 1. The minimum Gasteiger partial charge on any atom is -0.394 e. The zero-order valence-corrected chi connectivity index (χ0v) is 8.74. The molecule has 0 aliphatic heterocycles. The van der Waals surface area contributed by atoms with Gasteiger partial charge in [-0.1, -0.05) is 0 Å². The van der Waals surface area contributed by atoms with Gasteiger partial charge in [-0.3, -0.25) is 9.35 Å². The van der Waals surface area contributed by atoms with E-state index >= 15 is 0 Å². The molecule has 16 heavy (non-hydrogen) atoms. The Morgan fingerprint density at radius 2 is 1.75 bits per heavy atom. The Kier molecular flexibility index (Phi) is 5.96. The third kappa shape index (κ3) is 5.46. The van der Waals surface area contributed by atoms with Crippen LogP contribution in [0.1, 0.15) is 0 Å². The summed E-state index contributed by atoms with van der Waals surface area (Å²) in [7, 11) is -4.83. The maximum absolute atomic E-state index is 10.9. The van der Waals surface area contributed by atoms with Crippen molar-refractivity contribution in [3.05, 3.63) is 0 Å². The predicted molar refractivity (Wildman–Crippen MR) is 47.6 cm³/mol. The van der Waals surface area contributed by atoms with Crippen LogP contribution in [0.3, 0.4) is 0 Å². The maximum atomic E-state index is 10.9. The lowest BCUT2D eigenvalue weighted by Gasteiger charge is -2.19. The van der Waals surface area contributed by atoms with E-state index in [1.165, 1.54) is 0 Å². The lowest BCUT2D eigenvalue weighted by Crippen LogP contribution is -2.45. The topological polar surface area (TPSA) is 162 Å².